The molecule has 1 rings (SSSR count). The molecule has 0 saturated carbocycles. The molecule has 0 aliphatic heterocycles. The van der Waals surface area contributed by atoms with E-state index in [0.29, 0.717) is 13.0 Å². The third kappa shape index (κ3) is 4.80. The number of aliphatic hydroxyl groups excluding tert-OH is 1. The Morgan fingerprint density at radius 3 is 2.79 bits per heavy atom. The molecule has 0 fully saturated rings. The van der Waals surface area contributed by atoms with Crippen LogP contribution >= 0.6 is 11.6 Å². The second-order valence-electron chi connectivity index (χ2n) is 4.47. The van der Waals surface area contributed by atoms with Gasteiger partial charge in [-0.15, -0.1) is 0 Å². The summed E-state index contributed by atoms with van der Waals surface area (Å²) in [5.41, 5.74) is -0.122. The summed E-state index contributed by atoms with van der Waals surface area (Å²) < 4.78 is 13.5. The molecule has 1 amide bonds. The lowest BCUT2D eigenvalue weighted by Gasteiger charge is -2.16. The third-order valence-corrected chi connectivity index (χ3v) is 3.29. The van der Waals surface area contributed by atoms with Crippen molar-refractivity contribution in [3.63, 3.8) is 0 Å². The van der Waals surface area contributed by atoms with Gasteiger partial charge in [-0.2, -0.15) is 0 Å². The molecule has 2 N–H and O–H groups in total. The molecule has 0 heterocycles. The van der Waals surface area contributed by atoms with Crippen molar-refractivity contribution in [2.75, 3.05) is 13.2 Å². The number of rotatable bonds is 7. The van der Waals surface area contributed by atoms with Crippen LogP contribution in [0, 0.1) is 11.7 Å². The summed E-state index contributed by atoms with van der Waals surface area (Å²) in [6, 6.07) is 4.15. The second-order valence-corrected chi connectivity index (χ2v) is 4.88. The summed E-state index contributed by atoms with van der Waals surface area (Å²) in [4.78, 5) is 11.9. The van der Waals surface area contributed by atoms with Crippen molar-refractivity contribution >= 4 is 17.5 Å². The Morgan fingerprint density at radius 1 is 1.47 bits per heavy atom. The minimum absolute atomic E-state index is 0.0843. The van der Waals surface area contributed by atoms with Gasteiger partial charge in [-0.25, -0.2) is 4.39 Å². The van der Waals surface area contributed by atoms with Crippen LogP contribution < -0.4 is 5.32 Å². The Labute approximate surface area is 117 Å². The van der Waals surface area contributed by atoms with E-state index in [-0.39, 0.29) is 23.1 Å². The van der Waals surface area contributed by atoms with E-state index >= 15 is 0 Å². The molecule has 0 spiro atoms. The van der Waals surface area contributed by atoms with Crippen LogP contribution in [0.3, 0.4) is 0 Å². The predicted octanol–water partition coefficient (Wildman–Crippen LogP) is 3.01. The van der Waals surface area contributed by atoms with Gasteiger partial charge in [0.05, 0.1) is 10.6 Å². The van der Waals surface area contributed by atoms with E-state index < -0.39 is 11.7 Å². The molecule has 5 heteroatoms. The summed E-state index contributed by atoms with van der Waals surface area (Å²) in [5.74, 6) is -0.939. The summed E-state index contributed by atoms with van der Waals surface area (Å²) >= 11 is 5.82. The van der Waals surface area contributed by atoms with Gasteiger partial charge in [-0.3, -0.25) is 4.79 Å². The summed E-state index contributed by atoms with van der Waals surface area (Å²) in [6.07, 6.45) is 2.51. The highest BCUT2D eigenvalue weighted by molar-refractivity contribution is 6.33. The first-order valence-electron chi connectivity index (χ1n) is 6.43. The van der Waals surface area contributed by atoms with Crippen LogP contribution in [-0.4, -0.2) is 24.2 Å². The monoisotopic (exact) mass is 287 g/mol. The van der Waals surface area contributed by atoms with E-state index in [4.69, 9.17) is 16.7 Å². The van der Waals surface area contributed by atoms with E-state index in [1.54, 1.807) is 0 Å². The van der Waals surface area contributed by atoms with Gasteiger partial charge >= 0.3 is 0 Å². The number of hydrogen-bond acceptors (Lipinski definition) is 2. The molecular formula is C14H19ClFNO2. The van der Waals surface area contributed by atoms with Crippen molar-refractivity contribution in [3.05, 3.63) is 34.6 Å². The third-order valence-electron chi connectivity index (χ3n) is 2.98. The van der Waals surface area contributed by atoms with Crippen molar-refractivity contribution in [1.82, 2.24) is 5.32 Å². The molecule has 106 valence electrons. The Hall–Kier alpha value is -1.13. The molecule has 1 aromatic rings. The number of hydrogen-bond donors (Lipinski definition) is 2. The molecule has 1 atom stereocenters. The molecule has 0 radical (unpaired) electrons. The van der Waals surface area contributed by atoms with Crippen LogP contribution in [0.4, 0.5) is 4.39 Å². The van der Waals surface area contributed by atoms with E-state index in [0.717, 1.165) is 12.8 Å². The van der Waals surface area contributed by atoms with Gasteiger partial charge in [0.15, 0.2) is 0 Å². The highest BCUT2D eigenvalue weighted by atomic mass is 35.5. The van der Waals surface area contributed by atoms with Gasteiger partial charge in [-0.1, -0.05) is 31.0 Å². The highest BCUT2D eigenvalue weighted by Gasteiger charge is 2.16. The van der Waals surface area contributed by atoms with Crippen LogP contribution in [0.15, 0.2) is 18.2 Å². The summed E-state index contributed by atoms with van der Waals surface area (Å²) in [6.45, 7) is 2.54. The SMILES string of the molecule is CCCC(CCO)CNC(=O)c1c(F)cccc1Cl. The molecule has 19 heavy (non-hydrogen) atoms. The normalized spacial score (nSPS) is 12.2. The summed E-state index contributed by atoms with van der Waals surface area (Å²) in [7, 11) is 0. The topological polar surface area (TPSA) is 49.3 Å². The number of benzene rings is 1. The molecule has 1 unspecified atom stereocenters. The van der Waals surface area contributed by atoms with Gasteiger partial charge in [0.2, 0.25) is 0 Å². The molecular weight excluding hydrogens is 269 g/mol. The van der Waals surface area contributed by atoms with Crippen molar-refractivity contribution < 1.29 is 14.3 Å². The van der Waals surface area contributed by atoms with Crippen LogP contribution in [0.5, 0.6) is 0 Å². The second kappa shape index (κ2) is 8.12. The maximum absolute atomic E-state index is 13.5. The number of nitrogens with one attached hydrogen (secondary N) is 1. The number of carbonyl (C=O) groups is 1. The molecule has 0 aliphatic rings. The summed E-state index contributed by atoms with van der Waals surface area (Å²) in [5, 5.41) is 11.7. The Bertz CT molecular complexity index is 400. The average molecular weight is 288 g/mol. The maximum atomic E-state index is 13.5. The molecule has 0 aromatic heterocycles. The fourth-order valence-electron chi connectivity index (χ4n) is 1.98. The smallest absolute Gasteiger partial charge is 0.255 e. The fraction of sp³-hybridized carbons (Fsp3) is 0.500. The Balaban J connectivity index is 2.64. The lowest BCUT2D eigenvalue weighted by Crippen LogP contribution is -2.30. The van der Waals surface area contributed by atoms with E-state index in [9.17, 15) is 9.18 Å². The van der Waals surface area contributed by atoms with E-state index in [2.05, 4.69) is 5.32 Å². The Kier molecular flexibility index (Phi) is 6.81. The largest absolute Gasteiger partial charge is 0.396 e. The zero-order valence-electron chi connectivity index (χ0n) is 11.0. The first kappa shape index (κ1) is 15.9. The lowest BCUT2D eigenvalue weighted by atomic mass is 10.00. The lowest BCUT2D eigenvalue weighted by molar-refractivity contribution is 0.0939. The quantitative estimate of drug-likeness (QED) is 0.810. The average Bonchev–Trinajstić information content (AvgIpc) is 2.36. The number of halogens is 2. The number of amides is 1. The highest BCUT2D eigenvalue weighted by Crippen LogP contribution is 2.19. The zero-order chi connectivity index (χ0) is 14.3. The minimum Gasteiger partial charge on any atom is -0.396 e. The van der Waals surface area contributed by atoms with Crippen LogP contribution in [-0.2, 0) is 0 Å². The van der Waals surface area contributed by atoms with Crippen LogP contribution in [0.2, 0.25) is 5.02 Å². The standard InChI is InChI=1S/C14H19ClFNO2/c1-2-4-10(7-8-18)9-17-14(19)13-11(15)5-3-6-12(13)16/h3,5-6,10,18H,2,4,7-9H2,1H3,(H,17,19). The van der Waals surface area contributed by atoms with Gasteiger partial charge in [0, 0.05) is 13.2 Å². The van der Waals surface area contributed by atoms with Crippen molar-refractivity contribution in [2.24, 2.45) is 5.92 Å². The maximum Gasteiger partial charge on any atom is 0.255 e. The van der Waals surface area contributed by atoms with E-state index in [1.807, 2.05) is 6.92 Å². The Morgan fingerprint density at radius 2 is 2.21 bits per heavy atom. The minimum atomic E-state index is -0.626. The number of carbonyl (C=O) groups excluding carboxylic acids is 1. The fourth-order valence-corrected chi connectivity index (χ4v) is 2.23. The van der Waals surface area contributed by atoms with Crippen molar-refractivity contribution in [3.8, 4) is 0 Å². The predicted molar refractivity (Wildman–Crippen MR) is 73.8 cm³/mol. The molecule has 0 saturated heterocycles. The molecule has 0 bridgehead atoms. The molecule has 3 nitrogen and oxygen atoms in total. The molecule has 0 aliphatic carbocycles. The molecule has 1 aromatic carbocycles. The van der Waals surface area contributed by atoms with Crippen molar-refractivity contribution in [1.29, 1.82) is 0 Å². The van der Waals surface area contributed by atoms with Gasteiger partial charge in [-0.05, 0) is 30.9 Å². The first-order chi connectivity index (χ1) is 9.10. The van der Waals surface area contributed by atoms with Gasteiger partial charge in [0.1, 0.15) is 5.82 Å². The van der Waals surface area contributed by atoms with E-state index in [1.165, 1.54) is 18.2 Å². The van der Waals surface area contributed by atoms with Crippen molar-refractivity contribution in [2.45, 2.75) is 26.2 Å². The van der Waals surface area contributed by atoms with Gasteiger partial charge in [0.25, 0.3) is 5.91 Å². The zero-order valence-corrected chi connectivity index (χ0v) is 11.7. The first-order valence-corrected chi connectivity index (χ1v) is 6.81. The number of aliphatic hydroxyl groups is 1. The van der Waals surface area contributed by atoms with Crippen LogP contribution in [0.1, 0.15) is 36.5 Å². The van der Waals surface area contributed by atoms with Crippen LogP contribution in [0.25, 0.3) is 0 Å². The van der Waals surface area contributed by atoms with Gasteiger partial charge < -0.3 is 10.4 Å².